The Hall–Kier alpha value is -3.55. The third kappa shape index (κ3) is 2.74. The average molecular weight is 388 g/mol. The van der Waals surface area contributed by atoms with Gasteiger partial charge in [-0.05, 0) is 25.1 Å². The zero-order valence-electron chi connectivity index (χ0n) is 16.1. The highest BCUT2D eigenvalue weighted by Crippen LogP contribution is 2.46. The number of aryl methyl sites for hydroxylation is 1. The second-order valence-corrected chi connectivity index (χ2v) is 5.92. The van der Waals surface area contributed by atoms with E-state index in [2.05, 4.69) is 0 Å². The first-order valence-electron chi connectivity index (χ1n) is 8.25. The van der Waals surface area contributed by atoms with E-state index >= 15 is 0 Å². The van der Waals surface area contributed by atoms with Gasteiger partial charge in [-0.3, -0.25) is 4.79 Å². The zero-order valence-corrected chi connectivity index (χ0v) is 16.1. The van der Waals surface area contributed by atoms with Gasteiger partial charge in [-0.15, -0.1) is 0 Å². The lowest BCUT2D eigenvalue weighted by Gasteiger charge is -2.16. The second kappa shape index (κ2) is 7.22. The zero-order chi connectivity index (χ0) is 20.6. The number of ether oxygens (including phenoxy) is 4. The highest BCUT2D eigenvalue weighted by atomic mass is 16.5. The largest absolute Gasteiger partial charge is 0.504 e. The standard InChI is InChI=1S/C20H20O8/c1-9-16-13(14(22)19(26-4)17(9)25-3)15(23)20(27-5)18(28-16)10-6-7-11(21)12(8-10)24-2/h6-8,21-22H,1-5H3. The van der Waals surface area contributed by atoms with Crippen molar-refractivity contribution in [2.75, 3.05) is 28.4 Å². The van der Waals surface area contributed by atoms with Crippen LogP contribution in [0.2, 0.25) is 0 Å². The maximum absolute atomic E-state index is 13.1. The minimum Gasteiger partial charge on any atom is -0.504 e. The van der Waals surface area contributed by atoms with Crippen LogP contribution in [0.25, 0.3) is 22.3 Å². The van der Waals surface area contributed by atoms with Crippen LogP contribution in [0.3, 0.4) is 0 Å². The monoisotopic (exact) mass is 388 g/mol. The quantitative estimate of drug-likeness (QED) is 0.686. The molecule has 0 saturated heterocycles. The minimum atomic E-state index is -0.577. The van der Waals surface area contributed by atoms with Crippen molar-refractivity contribution in [3.05, 3.63) is 34.0 Å². The summed E-state index contributed by atoms with van der Waals surface area (Å²) in [6, 6.07) is 4.48. The molecule has 2 aromatic carbocycles. The summed E-state index contributed by atoms with van der Waals surface area (Å²) >= 11 is 0. The van der Waals surface area contributed by atoms with Crippen LogP contribution in [0, 0.1) is 6.92 Å². The number of hydrogen-bond acceptors (Lipinski definition) is 8. The Labute approximate surface area is 160 Å². The fourth-order valence-electron chi connectivity index (χ4n) is 3.12. The maximum Gasteiger partial charge on any atom is 0.239 e. The topological polar surface area (TPSA) is 108 Å². The lowest BCUT2D eigenvalue weighted by Crippen LogP contribution is -2.09. The van der Waals surface area contributed by atoms with Gasteiger partial charge in [0.05, 0.1) is 28.4 Å². The lowest BCUT2D eigenvalue weighted by atomic mass is 10.0. The van der Waals surface area contributed by atoms with Gasteiger partial charge in [0.2, 0.25) is 16.9 Å². The molecule has 0 saturated carbocycles. The van der Waals surface area contributed by atoms with Crippen molar-refractivity contribution in [1.82, 2.24) is 0 Å². The molecule has 2 N–H and O–H groups in total. The second-order valence-electron chi connectivity index (χ2n) is 5.92. The van der Waals surface area contributed by atoms with Crippen LogP contribution >= 0.6 is 0 Å². The minimum absolute atomic E-state index is 0.0286. The van der Waals surface area contributed by atoms with Crippen molar-refractivity contribution in [2.24, 2.45) is 0 Å². The van der Waals surface area contributed by atoms with E-state index in [0.717, 1.165) is 0 Å². The molecule has 8 nitrogen and oxygen atoms in total. The molecule has 3 rings (SSSR count). The van der Waals surface area contributed by atoms with Crippen molar-refractivity contribution in [2.45, 2.75) is 6.92 Å². The van der Waals surface area contributed by atoms with Crippen molar-refractivity contribution in [3.8, 4) is 45.8 Å². The Morgan fingerprint density at radius 1 is 0.893 bits per heavy atom. The summed E-state index contributed by atoms with van der Waals surface area (Å²) < 4.78 is 26.9. The molecule has 3 aromatic rings. The van der Waals surface area contributed by atoms with Crippen LogP contribution in [-0.4, -0.2) is 38.7 Å². The first kappa shape index (κ1) is 19.2. The Morgan fingerprint density at radius 3 is 2.11 bits per heavy atom. The molecule has 0 radical (unpaired) electrons. The van der Waals surface area contributed by atoms with E-state index in [1.165, 1.54) is 40.6 Å². The van der Waals surface area contributed by atoms with Crippen LogP contribution in [0.15, 0.2) is 27.4 Å². The van der Waals surface area contributed by atoms with E-state index in [4.69, 9.17) is 23.4 Å². The van der Waals surface area contributed by atoms with Crippen LogP contribution < -0.4 is 24.4 Å². The molecule has 0 aliphatic rings. The fraction of sp³-hybridized carbons (Fsp3) is 0.250. The summed E-state index contributed by atoms with van der Waals surface area (Å²) in [6.07, 6.45) is 0. The molecule has 0 spiro atoms. The van der Waals surface area contributed by atoms with E-state index in [1.807, 2.05) is 0 Å². The molecule has 0 atom stereocenters. The van der Waals surface area contributed by atoms with Crippen molar-refractivity contribution >= 4 is 11.0 Å². The molecule has 0 amide bonds. The van der Waals surface area contributed by atoms with Gasteiger partial charge in [0.1, 0.15) is 11.0 Å². The molecule has 1 aromatic heterocycles. The highest BCUT2D eigenvalue weighted by Gasteiger charge is 2.27. The first-order valence-corrected chi connectivity index (χ1v) is 8.25. The molecule has 0 fully saturated rings. The maximum atomic E-state index is 13.1. The van der Waals surface area contributed by atoms with Gasteiger partial charge in [0.15, 0.2) is 28.8 Å². The third-order valence-electron chi connectivity index (χ3n) is 4.46. The Bertz CT molecular complexity index is 1110. The number of phenolic OH excluding ortho intramolecular Hbond substituents is 2. The van der Waals surface area contributed by atoms with Gasteiger partial charge in [0, 0.05) is 11.1 Å². The summed E-state index contributed by atoms with van der Waals surface area (Å²) in [6.45, 7) is 1.68. The summed E-state index contributed by atoms with van der Waals surface area (Å²) in [7, 11) is 5.51. The van der Waals surface area contributed by atoms with E-state index in [9.17, 15) is 15.0 Å². The smallest absolute Gasteiger partial charge is 0.239 e. The molecule has 28 heavy (non-hydrogen) atoms. The summed E-state index contributed by atoms with van der Waals surface area (Å²) in [5, 5.41) is 20.3. The van der Waals surface area contributed by atoms with Gasteiger partial charge in [-0.25, -0.2) is 0 Å². The lowest BCUT2D eigenvalue weighted by molar-refractivity contribution is 0.332. The van der Waals surface area contributed by atoms with E-state index < -0.39 is 11.2 Å². The van der Waals surface area contributed by atoms with Crippen LogP contribution in [0.5, 0.6) is 34.5 Å². The molecule has 148 valence electrons. The molecule has 0 bridgehead atoms. The predicted molar refractivity (Wildman–Crippen MR) is 102 cm³/mol. The Morgan fingerprint density at radius 2 is 1.54 bits per heavy atom. The van der Waals surface area contributed by atoms with Crippen LogP contribution in [-0.2, 0) is 0 Å². The van der Waals surface area contributed by atoms with Gasteiger partial charge in [0.25, 0.3) is 0 Å². The number of rotatable bonds is 5. The third-order valence-corrected chi connectivity index (χ3v) is 4.46. The number of aromatic hydroxyl groups is 2. The van der Waals surface area contributed by atoms with Crippen molar-refractivity contribution < 1.29 is 33.6 Å². The average Bonchev–Trinajstić information content (AvgIpc) is 2.70. The molecular weight excluding hydrogens is 368 g/mol. The SMILES string of the molecule is COc1cc(-c2oc3c(C)c(OC)c(OC)c(O)c3c(=O)c2OC)ccc1O. The van der Waals surface area contributed by atoms with Gasteiger partial charge < -0.3 is 33.6 Å². The molecule has 0 unspecified atom stereocenters. The summed E-state index contributed by atoms with van der Waals surface area (Å²) in [5.74, 6) is 0.0238. The van der Waals surface area contributed by atoms with Gasteiger partial charge in [-0.2, -0.15) is 0 Å². The predicted octanol–water partition coefficient (Wildman–Crippen LogP) is 3.21. The molecular formula is C20H20O8. The van der Waals surface area contributed by atoms with E-state index in [-0.39, 0.29) is 45.5 Å². The van der Waals surface area contributed by atoms with Crippen LogP contribution in [0.4, 0.5) is 0 Å². The van der Waals surface area contributed by atoms with Gasteiger partial charge >= 0.3 is 0 Å². The van der Waals surface area contributed by atoms with E-state index in [0.29, 0.717) is 11.1 Å². The number of phenols is 2. The summed E-state index contributed by atoms with van der Waals surface area (Å²) in [5.41, 5.74) is 0.466. The molecule has 0 aliphatic carbocycles. The van der Waals surface area contributed by atoms with E-state index in [1.54, 1.807) is 13.0 Å². The molecule has 0 aliphatic heterocycles. The number of benzene rings is 2. The normalized spacial score (nSPS) is 10.8. The highest BCUT2D eigenvalue weighted by molar-refractivity contribution is 5.94. The first-order chi connectivity index (χ1) is 13.4. The van der Waals surface area contributed by atoms with Gasteiger partial charge in [-0.1, -0.05) is 0 Å². The van der Waals surface area contributed by atoms with Crippen LogP contribution in [0.1, 0.15) is 5.56 Å². The molecule has 8 heteroatoms. The Balaban J connectivity index is 2.47. The number of methoxy groups -OCH3 is 4. The number of fused-ring (bicyclic) bond motifs is 1. The number of hydrogen-bond donors (Lipinski definition) is 2. The molecule has 1 heterocycles. The fourth-order valence-corrected chi connectivity index (χ4v) is 3.12. The summed E-state index contributed by atoms with van der Waals surface area (Å²) in [4.78, 5) is 13.1. The van der Waals surface area contributed by atoms with Crippen molar-refractivity contribution in [3.63, 3.8) is 0 Å². The van der Waals surface area contributed by atoms with Crippen molar-refractivity contribution in [1.29, 1.82) is 0 Å². The Kier molecular flexibility index (Phi) is 4.96.